The van der Waals surface area contributed by atoms with E-state index < -0.39 is 0 Å². The van der Waals surface area contributed by atoms with Crippen LogP contribution >= 0.6 is 0 Å². The molecule has 2 rings (SSSR count). The van der Waals surface area contributed by atoms with Crippen molar-refractivity contribution < 1.29 is 13.9 Å². The summed E-state index contributed by atoms with van der Waals surface area (Å²) in [6, 6.07) is 0. The predicted molar refractivity (Wildman–Crippen MR) is 99.1 cm³/mol. The molecule has 0 radical (unpaired) electrons. The Morgan fingerprint density at radius 1 is 0.708 bits per heavy atom. The van der Waals surface area contributed by atoms with Gasteiger partial charge in [-0.15, -0.1) is 0 Å². The van der Waals surface area contributed by atoms with E-state index in [0.29, 0.717) is 0 Å². The topological polar surface area (TPSA) is 31.6 Å². The Kier molecular flexibility index (Phi) is 7.51. The number of hydrogen-bond donors (Lipinski definition) is 0. The van der Waals surface area contributed by atoms with Crippen molar-refractivity contribution in [1.82, 2.24) is 0 Å². The van der Waals surface area contributed by atoms with E-state index in [9.17, 15) is 0 Å². The van der Waals surface area contributed by atoms with Gasteiger partial charge in [0, 0.05) is 5.41 Å². The lowest BCUT2D eigenvalue weighted by atomic mass is 9.79. The molecule has 138 valence electrons. The molecule has 0 saturated heterocycles. The second-order valence-electron chi connectivity index (χ2n) is 7.57. The van der Waals surface area contributed by atoms with Crippen molar-refractivity contribution in [3.05, 3.63) is 11.5 Å². The summed E-state index contributed by atoms with van der Waals surface area (Å²) in [5.74, 6) is 3.35. The third-order valence-corrected chi connectivity index (χ3v) is 5.32. The van der Waals surface area contributed by atoms with Gasteiger partial charge in [-0.05, 0) is 26.7 Å². The Balaban J connectivity index is 2.01. The van der Waals surface area contributed by atoms with Crippen LogP contribution in [0.25, 0.3) is 0 Å². The molecule has 0 atom stereocenters. The van der Waals surface area contributed by atoms with E-state index in [0.717, 1.165) is 36.2 Å². The summed E-state index contributed by atoms with van der Waals surface area (Å²) in [4.78, 5) is 0. The van der Waals surface area contributed by atoms with Crippen molar-refractivity contribution in [2.45, 2.75) is 91.9 Å². The monoisotopic (exact) mass is 336 g/mol. The molecule has 0 aliphatic carbocycles. The molecule has 0 fully saturated rings. The van der Waals surface area contributed by atoms with Crippen LogP contribution < -0.4 is 9.47 Å². The summed E-state index contributed by atoms with van der Waals surface area (Å²) >= 11 is 0. The van der Waals surface area contributed by atoms with Crippen LogP contribution in [0.4, 0.5) is 0 Å². The second kappa shape index (κ2) is 9.39. The average molecular weight is 337 g/mol. The fraction of sp³-hybridized carbons (Fsp3) is 0.810. The summed E-state index contributed by atoms with van der Waals surface area (Å²) in [6.07, 6.45) is 12.8. The molecule has 0 N–H and O–H groups in total. The summed E-state index contributed by atoms with van der Waals surface area (Å²) < 4.78 is 18.1. The number of aryl methyl sites for hydroxylation is 2. The van der Waals surface area contributed by atoms with Crippen LogP contribution in [0.1, 0.15) is 89.6 Å². The fourth-order valence-electron chi connectivity index (χ4n) is 3.74. The minimum absolute atomic E-state index is 0.159. The second-order valence-corrected chi connectivity index (χ2v) is 7.57. The van der Waals surface area contributed by atoms with E-state index in [-0.39, 0.29) is 5.41 Å². The number of hydrogen-bond acceptors (Lipinski definition) is 3. The van der Waals surface area contributed by atoms with Crippen LogP contribution in [-0.2, 0) is 0 Å². The maximum Gasteiger partial charge on any atom is 0.203 e. The summed E-state index contributed by atoms with van der Waals surface area (Å²) in [6.45, 7) is 9.99. The molecular weight excluding hydrogens is 300 g/mol. The van der Waals surface area contributed by atoms with Crippen LogP contribution in [-0.4, -0.2) is 13.2 Å². The molecule has 0 bridgehead atoms. The minimum atomic E-state index is 0.159. The van der Waals surface area contributed by atoms with Gasteiger partial charge >= 0.3 is 0 Å². The van der Waals surface area contributed by atoms with Crippen molar-refractivity contribution in [3.63, 3.8) is 0 Å². The maximum atomic E-state index is 6.21. The van der Waals surface area contributed by atoms with E-state index in [1.165, 1.54) is 64.2 Å². The molecular formula is C21H36O3. The van der Waals surface area contributed by atoms with Gasteiger partial charge < -0.3 is 13.9 Å². The van der Waals surface area contributed by atoms with Gasteiger partial charge in [0.1, 0.15) is 11.5 Å². The quantitative estimate of drug-likeness (QED) is 0.451. The smallest absolute Gasteiger partial charge is 0.203 e. The lowest BCUT2D eigenvalue weighted by Crippen LogP contribution is -2.33. The summed E-state index contributed by atoms with van der Waals surface area (Å²) in [5, 5.41) is 0. The number of unbranched alkanes of at least 4 members (excludes halogenated alkanes) is 6. The first-order valence-electron chi connectivity index (χ1n) is 9.97. The highest BCUT2D eigenvalue weighted by molar-refractivity contribution is 5.46. The van der Waals surface area contributed by atoms with Crippen molar-refractivity contribution in [2.24, 2.45) is 5.41 Å². The molecule has 0 saturated carbocycles. The zero-order valence-electron chi connectivity index (χ0n) is 16.2. The van der Waals surface area contributed by atoms with Gasteiger partial charge in [-0.2, -0.15) is 0 Å². The SMILES string of the molecule is CCCCCCC1(CCCCCC)COc2c(C)oc(C)c2OC1. The Labute approximate surface area is 148 Å². The number of rotatable bonds is 10. The van der Waals surface area contributed by atoms with Gasteiger partial charge in [0.05, 0.1) is 13.2 Å². The molecule has 0 unspecified atom stereocenters. The normalized spacial score (nSPS) is 16.2. The van der Waals surface area contributed by atoms with Crippen molar-refractivity contribution >= 4 is 0 Å². The zero-order chi connectivity index (χ0) is 17.4. The van der Waals surface area contributed by atoms with Crippen LogP contribution in [0.15, 0.2) is 4.42 Å². The first-order valence-corrected chi connectivity index (χ1v) is 9.97. The van der Waals surface area contributed by atoms with Gasteiger partial charge in [0.15, 0.2) is 0 Å². The molecule has 1 aromatic rings. The first kappa shape index (κ1) is 19.2. The van der Waals surface area contributed by atoms with Gasteiger partial charge in [0.2, 0.25) is 11.5 Å². The van der Waals surface area contributed by atoms with Gasteiger partial charge in [-0.25, -0.2) is 0 Å². The Morgan fingerprint density at radius 3 is 1.58 bits per heavy atom. The number of ether oxygens (including phenoxy) is 2. The molecule has 0 spiro atoms. The fourth-order valence-corrected chi connectivity index (χ4v) is 3.74. The summed E-state index contributed by atoms with van der Waals surface area (Å²) in [5.41, 5.74) is 0.159. The molecule has 0 aromatic carbocycles. The van der Waals surface area contributed by atoms with Crippen molar-refractivity contribution in [3.8, 4) is 11.5 Å². The standard InChI is InChI=1S/C21H36O3/c1-5-7-9-11-13-21(14-12-10-8-6-2)15-22-19-17(3)24-18(4)20(19)23-16-21/h5-16H2,1-4H3. The molecule has 0 amide bonds. The third kappa shape index (κ3) is 4.94. The molecule has 24 heavy (non-hydrogen) atoms. The number of furan rings is 1. The molecule has 3 nitrogen and oxygen atoms in total. The van der Waals surface area contributed by atoms with Crippen LogP contribution in [0.5, 0.6) is 11.5 Å². The lowest BCUT2D eigenvalue weighted by molar-refractivity contribution is 0.0754. The molecule has 1 aliphatic rings. The van der Waals surface area contributed by atoms with E-state index >= 15 is 0 Å². The van der Waals surface area contributed by atoms with Crippen molar-refractivity contribution in [1.29, 1.82) is 0 Å². The minimum Gasteiger partial charge on any atom is -0.486 e. The van der Waals surface area contributed by atoms with Crippen LogP contribution in [0.3, 0.4) is 0 Å². The highest BCUT2D eigenvalue weighted by atomic mass is 16.5. The van der Waals surface area contributed by atoms with E-state index in [1.807, 2.05) is 13.8 Å². The molecule has 1 aromatic heterocycles. The average Bonchev–Trinajstić information content (AvgIpc) is 2.73. The molecule has 2 heterocycles. The third-order valence-electron chi connectivity index (χ3n) is 5.32. The van der Waals surface area contributed by atoms with Crippen LogP contribution in [0, 0.1) is 19.3 Å². The van der Waals surface area contributed by atoms with Gasteiger partial charge in [-0.3, -0.25) is 0 Å². The van der Waals surface area contributed by atoms with Crippen molar-refractivity contribution in [2.75, 3.05) is 13.2 Å². The van der Waals surface area contributed by atoms with E-state index in [4.69, 9.17) is 13.9 Å². The lowest BCUT2D eigenvalue weighted by Gasteiger charge is -2.31. The summed E-state index contributed by atoms with van der Waals surface area (Å²) in [7, 11) is 0. The van der Waals surface area contributed by atoms with Crippen LogP contribution in [0.2, 0.25) is 0 Å². The molecule has 1 aliphatic heterocycles. The zero-order valence-corrected chi connectivity index (χ0v) is 16.2. The predicted octanol–water partition coefficient (Wildman–Crippen LogP) is 6.59. The number of fused-ring (bicyclic) bond motifs is 1. The van der Waals surface area contributed by atoms with E-state index in [2.05, 4.69) is 13.8 Å². The highest BCUT2D eigenvalue weighted by Gasteiger charge is 2.36. The Hall–Kier alpha value is -1.12. The van der Waals surface area contributed by atoms with Gasteiger partial charge in [-0.1, -0.05) is 65.2 Å². The first-order chi connectivity index (χ1) is 11.6. The highest BCUT2D eigenvalue weighted by Crippen LogP contribution is 2.44. The van der Waals surface area contributed by atoms with E-state index in [1.54, 1.807) is 0 Å². The molecule has 3 heteroatoms. The maximum absolute atomic E-state index is 6.21. The Bertz CT molecular complexity index is 447. The largest absolute Gasteiger partial charge is 0.486 e. The Morgan fingerprint density at radius 2 is 1.17 bits per heavy atom. The van der Waals surface area contributed by atoms with Gasteiger partial charge in [0.25, 0.3) is 0 Å².